The number of urea groups is 1. The third kappa shape index (κ3) is 10.1. The van der Waals surface area contributed by atoms with Crippen molar-refractivity contribution in [2.75, 3.05) is 19.7 Å². The van der Waals surface area contributed by atoms with Crippen molar-refractivity contribution in [1.82, 2.24) is 16.0 Å². The van der Waals surface area contributed by atoms with E-state index in [4.69, 9.17) is 5.11 Å². The number of amides is 3. The van der Waals surface area contributed by atoms with E-state index in [0.717, 1.165) is 0 Å². The van der Waals surface area contributed by atoms with E-state index in [1.807, 2.05) is 20.8 Å². The number of hydrogen-bond donors (Lipinski definition) is 4. The molecule has 0 aromatic rings. The van der Waals surface area contributed by atoms with Crippen molar-refractivity contribution in [1.29, 1.82) is 0 Å². The lowest BCUT2D eigenvalue weighted by Crippen LogP contribution is -2.49. The lowest BCUT2D eigenvalue weighted by atomic mass is 9.85. The molecular weight excluding hydrogens is 291 g/mol. The Morgan fingerprint density at radius 1 is 1.19 bits per heavy atom. The van der Waals surface area contributed by atoms with Crippen LogP contribution < -0.4 is 16.0 Å². The fraction of sp³-hybridized carbons (Fsp3) is 0.833. The minimum atomic E-state index is -4.53. The Labute approximate surface area is 121 Å². The van der Waals surface area contributed by atoms with E-state index in [1.165, 1.54) is 5.32 Å². The first kappa shape index (κ1) is 19.7. The molecule has 0 aliphatic heterocycles. The molecule has 0 aromatic carbocycles. The predicted octanol–water partition coefficient (Wildman–Crippen LogP) is 0.761. The van der Waals surface area contributed by atoms with E-state index in [0.29, 0.717) is 6.42 Å². The second-order valence-corrected chi connectivity index (χ2v) is 5.66. The maximum absolute atomic E-state index is 11.9. The van der Waals surface area contributed by atoms with Crippen molar-refractivity contribution in [2.45, 2.75) is 39.4 Å². The Bertz CT molecular complexity index is 354. The fourth-order valence-corrected chi connectivity index (χ4v) is 1.58. The number of alkyl halides is 3. The van der Waals surface area contributed by atoms with E-state index < -0.39 is 24.7 Å². The number of aliphatic hydroxyl groups excluding tert-OH is 1. The number of nitrogens with one attached hydrogen (secondary N) is 3. The summed E-state index contributed by atoms with van der Waals surface area (Å²) in [5.41, 5.74) is -0.221. The summed E-state index contributed by atoms with van der Waals surface area (Å²) in [6.45, 7) is 3.93. The maximum atomic E-state index is 11.9. The van der Waals surface area contributed by atoms with Gasteiger partial charge in [-0.25, -0.2) is 4.79 Å². The smallest absolute Gasteiger partial charge is 0.396 e. The molecule has 0 fully saturated rings. The summed E-state index contributed by atoms with van der Waals surface area (Å²) in [5.74, 6) is -0.748. The molecule has 0 rings (SSSR count). The average molecular weight is 313 g/mol. The van der Waals surface area contributed by atoms with Crippen LogP contribution in [0, 0.1) is 5.41 Å². The highest BCUT2D eigenvalue weighted by Gasteiger charge is 2.28. The molecule has 21 heavy (non-hydrogen) atoms. The molecule has 0 aliphatic carbocycles. The summed E-state index contributed by atoms with van der Waals surface area (Å²) in [6.07, 6.45) is -4.12. The molecule has 1 atom stereocenters. The highest BCUT2D eigenvalue weighted by molar-refractivity contribution is 5.95. The van der Waals surface area contributed by atoms with Gasteiger partial charge in [-0.1, -0.05) is 20.8 Å². The molecule has 0 aliphatic rings. The van der Waals surface area contributed by atoms with Crippen LogP contribution >= 0.6 is 0 Å². The Hall–Kier alpha value is -1.35. The van der Waals surface area contributed by atoms with Gasteiger partial charge in [-0.2, -0.15) is 13.2 Å². The van der Waals surface area contributed by atoms with Gasteiger partial charge in [0.15, 0.2) is 0 Å². The molecule has 0 aromatic heterocycles. The summed E-state index contributed by atoms with van der Waals surface area (Å²) in [6, 6.07) is -1.37. The summed E-state index contributed by atoms with van der Waals surface area (Å²) >= 11 is 0. The summed E-state index contributed by atoms with van der Waals surface area (Å²) in [5, 5.41) is 15.1. The Kier molecular flexibility index (Phi) is 7.65. The topological polar surface area (TPSA) is 90.5 Å². The van der Waals surface area contributed by atoms with Crippen LogP contribution in [-0.4, -0.2) is 49.0 Å². The second kappa shape index (κ2) is 8.18. The summed E-state index contributed by atoms with van der Waals surface area (Å²) in [4.78, 5) is 22.5. The van der Waals surface area contributed by atoms with Gasteiger partial charge in [-0.3, -0.25) is 10.1 Å². The van der Waals surface area contributed by atoms with Gasteiger partial charge < -0.3 is 15.7 Å². The minimum Gasteiger partial charge on any atom is -0.396 e. The molecule has 0 spiro atoms. The lowest BCUT2D eigenvalue weighted by Gasteiger charge is -2.31. The van der Waals surface area contributed by atoms with Gasteiger partial charge in [0.25, 0.3) is 0 Å². The minimum absolute atomic E-state index is 0.0668. The van der Waals surface area contributed by atoms with Crippen LogP contribution in [0.2, 0.25) is 0 Å². The van der Waals surface area contributed by atoms with Crippen molar-refractivity contribution >= 4 is 11.9 Å². The maximum Gasteiger partial charge on any atom is 0.405 e. The van der Waals surface area contributed by atoms with Gasteiger partial charge in [0.1, 0.15) is 6.54 Å². The normalized spacial score (nSPS) is 13.7. The van der Waals surface area contributed by atoms with Crippen LogP contribution in [-0.2, 0) is 4.79 Å². The quantitative estimate of drug-likeness (QED) is 0.583. The molecular formula is C12H22F3N3O3. The Morgan fingerprint density at radius 2 is 1.76 bits per heavy atom. The van der Waals surface area contributed by atoms with Crippen LogP contribution in [0.15, 0.2) is 0 Å². The molecule has 9 heteroatoms. The Balaban J connectivity index is 4.16. The molecule has 0 saturated carbocycles. The molecule has 1 unspecified atom stereocenters. The van der Waals surface area contributed by atoms with Crippen molar-refractivity contribution in [2.24, 2.45) is 5.41 Å². The zero-order valence-electron chi connectivity index (χ0n) is 12.3. The third-order valence-electron chi connectivity index (χ3n) is 2.67. The largest absolute Gasteiger partial charge is 0.405 e. The van der Waals surface area contributed by atoms with E-state index in [2.05, 4.69) is 5.32 Å². The van der Waals surface area contributed by atoms with Crippen LogP contribution in [0.5, 0.6) is 0 Å². The number of carbonyl (C=O) groups excluding carboxylic acids is 2. The number of hydrogen-bond acceptors (Lipinski definition) is 4. The molecule has 0 radical (unpaired) electrons. The molecule has 3 amide bonds. The molecule has 124 valence electrons. The van der Waals surface area contributed by atoms with Crippen molar-refractivity contribution in [3.63, 3.8) is 0 Å². The van der Waals surface area contributed by atoms with Gasteiger partial charge in [-0.15, -0.1) is 0 Å². The monoisotopic (exact) mass is 313 g/mol. The van der Waals surface area contributed by atoms with E-state index >= 15 is 0 Å². The van der Waals surface area contributed by atoms with Crippen LogP contribution in [0.25, 0.3) is 0 Å². The van der Waals surface area contributed by atoms with Crippen LogP contribution in [0.3, 0.4) is 0 Å². The van der Waals surface area contributed by atoms with Crippen molar-refractivity contribution < 1.29 is 27.9 Å². The van der Waals surface area contributed by atoms with E-state index in [9.17, 15) is 22.8 Å². The number of imide groups is 1. The highest BCUT2D eigenvalue weighted by Crippen LogP contribution is 2.21. The number of halogens is 3. The van der Waals surface area contributed by atoms with Gasteiger partial charge in [-0.05, 0) is 11.8 Å². The first-order chi connectivity index (χ1) is 9.45. The van der Waals surface area contributed by atoms with Gasteiger partial charge in [0.2, 0.25) is 5.91 Å². The van der Waals surface area contributed by atoms with Gasteiger partial charge in [0, 0.05) is 12.6 Å². The second-order valence-electron chi connectivity index (χ2n) is 5.66. The lowest BCUT2D eigenvalue weighted by molar-refractivity contribution is -0.124. The number of carbonyl (C=O) groups is 2. The predicted molar refractivity (Wildman–Crippen MR) is 70.5 cm³/mol. The average Bonchev–Trinajstić information content (AvgIpc) is 2.29. The van der Waals surface area contributed by atoms with Crippen molar-refractivity contribution in [3.05, 3.63) is 0 Å². The standard InChI is InChI=1S/C12H22F3N3O3/c1-11(2,3)8(4-5-19)16-6-9(20)18-10(21)17-7-12(13,14)15/h8,16,19H,4-7H2,1-3H3,(H2,17,18,20,21). The van der Waals surface area contributed by atoms with Gasteiger partial charge in [0.05, 0.1) is 6.54 Å². The van der Waals surface area contributed by atoms with E-state index in [-0.39, 0.29) is 24.6 Å². The highest BCUT2D eigenvalue weighted by atomic mass is 19.4. The van der Waals surface area contributed by atoms with Crippen LogP contribution in [0.4, 0.5) is 18.0 Å². The molecule has 0 saturated heterocycles. The SMILES string of the molecule is CC(C)(C)C(CCO)NCC(=O)NC(=O)NCC(F)(F)F. The van der Waals surface area contributed by atoms with E-state index in [1.54, 1.807) is 5.32 Å². The first-order valence-corrected chi connectivity index (χ1v) is 6.44. The van der Waals surface area contributed by atoms with Gasteiger partial charge >= 0.3 is 12.2 Å². The number of aliphatic hydroxyl groups is 1. The fourth-order valence-electron chi connectivity index (χ4n) is 1.58. The molecule has 0 bridgehead atoms. The molecule has 6 nitrogen and oxygen atoms in total. The summed E-state index contributed by atoms with van der Waals surface area (Å²) in [7, 11) is 0. The summed E-state index contributed by atoms with van der Waals surface area (Å²) < 4.78 is 35.6. The Morgan fingerprint density at radius 3 is 2.19 bits per heavy atom. The zero-order valence-corrected chi connectivity index (χ0v) is 12.3. The molecule has 4 N–H and O–H groups in total. The zero-order chi connectivity index (χ0) is 16.7. The first-order valence-electron chi connectivity index (χ1n) is 6.44. The third-order valence-corrected chi connectivity index (χ3v) is 2.67. The van der Waals surface area contributed by atoms with Crippen molar-refractivity contribution in [3.8, 4) is 0 Å². The number of rotatable bonds is 6. The van der Waals surface area contributed by atoms with Crippen LogP contribution in [0.1, 0.15) is 27.2 Å². The molecule has 0 heterocycles.